The minimum atomic E-state index is -4.57. The molecule has 2 aromatic carbocycles. The molecule has 1 N–H and O–H groups in total. The van der Waals surface area contributed by atoms with Crippen LogP contribution in [0.2, 0.25) is 0 Å². The molecule has 1 aromatic heterocycles. The Bertz CT molecular complexity index is 1180. The normalized spacial score (nSPS) is 12.4. The van der Waals surface area contributed by atoms with Gasteiger partial charge in [0.15, 0.2) is 5.69 Å². The highest BCUT2D eigenvalue weighted by atomic mass is 32.2. The number of nitro groups is 1. The van der Waals surface area contributed by atoms with Crippen LogP contribution in [0.25, 0.3) is 0 Å². The summed E-state index contributed by atoms with van der Waals surface area (Å²) in [4.78, 5) is 24.9. The van der Waals surface area contributed by atoms with Crippen LogP contribution in [-0.2, 0) is 17.5 Å². The molecule has 3 rings (SSSR count). The number of anilines is 1. The molecule has 0 saturated carbocycles. The zero-order valence-electron chi connectivity index (χ0n) is 18.0. The molecule has 0 aliphatic rings. The smallest absolute Gasteiger partial charge is 0.326 e. The van der Waals surface area contributed by atoms with Crippen LogP contribution >= 0.6 is 11.8 Å². The number of amides is 1. The monoisotopic (exact) mass is 478 g/mol. The van der Waals surface area contributed by atoms with E-state index in [1.54, 1.807) is 13.0 Å². The number of benzene rings is 2. The summed E-state index contributed by atoms with van der Waals surface area (Å²) in [7, 11) is 0. The van der Waals surface area contributed by atoms with Gasteiger partial charge in [-0.15, -0.1) is 0 Å². The standard InChI is InChI=1S/C22H21F3N4O3S/c1-13-4-6-18(7-5-13)33-19-10-16(9-17(11-19)29(31)32)26-21(30)14(2)12-28-15(3)8-20(27-28)22(23,24)25/h4-11,14H,12H2,1-3H3,(H,26,30). The number of nitro benzene ring substituents is 1. The van der Waals surface area contributed by atoms with Gasteiger partial charge in [0.25, 0.3) is 5.69 Å². The van der Waals surface area contributed by atoms with Gasteiger partial charge in [0.2, 0.25) is 5.91 Å². The number of carbonyl (C=O) groups excluding carboxylic acids is 1. The Balaban J connectivity index is 1.76. The molecule has 0 saturated heterocycles. The van der Waals surface area contributed by atoms with E-state index in [4.69, 9.17) is 0 Å². The fourth-order valence-electron chi connectivity index (χ4n) is 3.00. The summed E-state index contributed by atoms with van der Waals surface area (Å²) in [6, 6.07) is 12.8. The van der Waals surface area contributed by atoms with Crippen molar-refractivity contribution >= 4 is 29.0 Å². The average Bonchev–Trinajstić information content (AvgIpc) is 3.10. The maximum absolute atomic E-state index is 12.9. The van der Waals surface area contributed by atoms with Gasteiger partial charge in [-0.3, -0.25) is 19.6 Å². The van der Waals surface area contributed by atoms with Crippen LogP contribution in [0, 0.1) is 29.9 Å². The third-order valence-electron chi connectivity index (χ3n) is 4.79. The van der Waals surface area contributed by atoms with E-state index < -0.39 is 28.6 Å². The van der Waals surface area contributed by atoms with E-state index in [0.29, 0.717) is 4.90 Å². The highest BCUT2D eigenvalue weighted by Crippen LogP contribution is 2.33. The van der Waals surface area contributed by atoms with Gasteiger partial charge in [-0.2, -0.15) is 18.3 Å². The molecule has 0 spiro atoms. The number of halogens is 3. The Morgan fingerprint density at radius 3 is 2.39 bits per heavy atom. The molecule has 0 aliphatic carbocycles. The van der Waals surface area contributed by atoms with Gasteiger partial charge in [0.05, 0.1) is 17.4 Å². The predicted molar refractivity (Wildman–Crippen MR) is 118 cm³/mol. The fourth-order valence-corrected chi connectivity index (χ4v) is 3.91. The minimum absolute atomic E-state index is 0.0757. The van der Waals surface area contributed by atoms with Crippen molar-refractivity contribution in [3.63, 3.8) is 0 Å². The number of alkyl halides is 3. The SMILES string of the molecule is Cc1ccc(Sc2cc(NC(=O)C(C)Cn3nc(C(F)(F)F)cc3C)cc([N+](=O)[O-])c2)cc1. The van der Waals surface area contributed by atoms with Crippen molar-refractivity contribution in [3.05, 3.63) is 75.6 Å². The van der Waals surface area contributed by atoms with Gasteiger partial charge in [-0.05, 0) is 38.1 Å². The first-order valence-corrected chi connectivity index (χ1v) is 10.7. The van der Waals surface area contributed by atoms with Gasteiger partial charge in [-0.25, -0.2) is 0 Å². The number of nitrogens with zero attached hydrogens (tertiary/aromatic N) is 3. The van der Waals surface area contributed by atoms with E-state index in [1.807, 2.05) is 31.2 Å². The lowest BCUT2D eigenvalue weighted by atomic mass is 10.1. The zero-order chi connectivity index (χ0) is 24.3. The average molecular weight is 478 g/mol. The maximum Gasteiger partial charge on any atom is 0.435 e. The number of rotatable bonds is 7. The zero-order valence-corrected chi connectivity index (χ0v) is 18.8. The first-order valence-electron chi connectivity index (χ1n) is 9.89. The molecule has 1 atom stereocenters. The fraction of sp³-hybridized carbons (Fsp3) is 0.273. The summed E-state index contributed by atoms with van der Waals surface area (Å²) < 4.78 is 39.7. The summed E-state index contributed by atoms with van der Waals surface area (Å²) in [5, 5.41) is 17.5. The highest BCUT2D eigenvalue weighted by Gasteiger charge is 2.34. The van der Waals surface area contributed by atoms with Gasteiger partial charge in [-0.1, -0.05) is 36.4 Å². The van der Waals surface area contributed by atoms with Crippen molar-refractivity contribution in [2.75, 3.05) is 5.32 Å². The number of non-ortho nitro benzene ring substituents is 1. The Morgan fingerprint density at radius 1 is 1.15 bits per heavy atom. The van der Waals surface area contributed by atoms with Gasteiger partial charge in [0, 0.05) is 33.3 Å². The third kappa shape index (κ3) is 6.35. The van der Waals surface area contributed by atoms with Crippen molar-refractivity contribution < 1.29 is 22.9 Å². The van der Waals surface area contributed by atoms with E-state index in [9.17, 15) is 28.1 Å². The Kier molecular flexibility index (Phi) is 7.11. The second kappa shape index (κ2) is 9.65. The number of carbonyl (C=O) groups is 1. The van der Waals surface area contributed by atoms with E-state index in [0.717, 1.165) is 21.2 Å². The Labute approximate surface area is 192 Å². The number of aryl methyl sites for hydroxylation is 2. The summed E-state index contributed by atoms with van der Waals surface area (Å²) in [5.41, 5.74) is 0.366. The van der Waals surface area contributed by atoms with Crippen LogP contribution in [0.5, 0.6) is 0 Å². The van der Waals surface area contributed by atoms with Crippen molar-refractivity contribution in [1.29, 1.82) is 0 Å². The van der Waals surface area contributed by atoms with E-state index in [2.05, 4.69) is 10.4 Å². The van der Waals surface area contributed by atoms with Crippen LogP contribution < -0.4 is 5.32 Å². The molecule has 0 radical (unpaired) electrons. The van der Waals surface area contributed by atoms with Gasteiger partial charge in [0.1, 0.15) is 0 Å². The number of hydrogen-bond acceptors (Lipinski definition) is 5. The van der Waals surface area contributed by atoms with E-state index in [1.165, 1.54) is 30.8 Å². The minimum Gasteiger partial charge on any atom is -0.326 e. The molecule has 1 heterocycles. The third-order valence-corrected chi connectivity index (χ3v) is 5.77. The Hall–Kier alpha value is -3.34. The molecule has 0 aliphatic heterocycles. The summed E-state index contributed by atoms with van der Waals surface area (Å²) >= 11 is 1.31. The molecule has 1 amide bonds. The number of nitrogens with one attached hydrogen (secondary N) is 1. The lowest BCUT2D eigenvalue weighted by Gasteiger charge is -2.14. The predicted octanol–water partition coefficient (Wildman–Crippen LogP) is 5.85. The van der Waals surface area contributed by atoms with E-state index in [-0.39, 0.29) is 23.6 Å². The molecule has 0 bridgehead atoms. The molecule has 1 unspecified atom stereocenters. The maximum atomic E-state index is 12.9. The largest absolute Gasteiger partial charge is 0.435 e. The molecule has 174 valence electrons. The molecule has 7 nitrogen and oxygen atoms in total. The molecule has 3 aromatic rings. The van der Waals surface area contributed by atoms with E-state index >= 15 is 0 Å². The second-order valence-corrected chi connectivity index (χ2v) is 8.78. The lowest BCUT2D eigenvalue weighted by Crippen LogP contribution is -2.25. The van der Waals surface area contributed by atoms with Gasteiger partial charge < -0.3 is 5.32 Å². The molecule has 0 fully saturated rings. The lowest BCUT2D eigenvalue weighted by molar-refractivity contribution is -0.385. The van der Waals surface area contributed by atoms with Crippen LogP contribution in [0.4, 0.5) is 24.5 Å². The van der Waals surface area contributed by atoms with Gasteiger partial charge >= 0.3 is 6.18 Å². The van der Waals surface area contributed by atoms with Crippen molar-refractivity contribution in [3.8, 4) is 0 Å². The number of hydrogen-bond donors (Lipinski definition) is 1. The highest BCUT2D eigenvalue weighted by molar-refractivity contribution is 7.99. The summed E-state index contributed by atoms with van der Waals surface area (Å²) in [6.07, 6.45) is -4.57. The van der Waals surface area contributed by atoms with Crippen molar-refractivity contribution in [2.24, 2.45) is 5.92 Å². The summed E-state index contributed by atoms with van der Waals surface area (Å²) in [6.45, 7) is 4.89. The van der Waals surface area contributed by atoms with Crippen LogP contribution in [0.15, 0.2) is 58.3 Å². The van der Waals surface area contributed by atoms with Crippen molar-refractivity contribution in [1.82, 2.24) is 9.78 Å². The molecule has 33 heavy (non-hydrogen) atoms. The topological polar surface area (TPSA) is 90.1 Å². The molecule has 11 heteroatoms. The van der Waals surface area contributed by atoms with Crippen molar-refractivity contribution in [2.45, 2.75) is 43.3 Å². The molecular weight excluding hydrogens is 457 g/mol. The van der Waals surface area contributed by atoms with Crippen LogP contribution in [0.1, 0.15) is 23.9 Å². The number of aromatic nitrogens is 2. The Morgan fingerprint density at radius 2 is 1.82 bits per heavy atom. The molecular formula is C22H21F3N4O3S. The van der Waals surface area contributed by atoms with Crippen LogP contribution in [-0.4, -0.2) is 20.6 Å². The first kappa shape index (κ1) is 24.3. The van der Waals surface area contributed by atoms with Crippen LogP contribution in [0.3, 0.4) is 0 Å². The summed E-state index contributed by atoms with van der Waals surface area (Å²) in [5.74, 6) is -1.23. The quantitative estimate of drug-likeness (QED) is 0.340. The first-order chi connectivity index (χ1) is 15.4. The second-order valence-electron chi connectivity index (χ2n) is 7.63.